The molecule has 1 atom stereocenters. The lowest BCUT2D eigenvalue weighted by Gasteiger charge is -2.13. The van der Waals surface area contributed by atoms with Crippen molar-refractivity contribution in [3.05, 3.63) is 46.8 Å². The zero-order valence-corrected chi connectivity index (χ0v) is 14.5. The van der Waals surface area contributed by atoms with Gasteiger partial charge in [-0.2, -0.15) is 0 Å². The number of aromatic nitrogens is 1. The molecule has 0 amide bonds. The summed E-state index contributed by atoms with van der Waals surface area (Å²) in [6.45, 7) is 7.00. The van der Waals surface area contributed by atoms with Crippen LogP contribution in [0.15, 0.2) is 28.8 Å². The van der Waals surface area contributed by atoms with Crippen LogP contribution in [0, 0.1) is 6.92 Å². The Morgan fingerprint density at radius 2 is 1.75 bits per heavy atom. The number of benzene rings is 1. The van der Waals surface area contributed by atoms with Crippen molar-refractivity contribution < 1.29 is 23.6 Å². The van der Waals surface area contributed by atoms with E-state index < -0.39 is 12.1 Å². The molecular weight excluding hydrogens is 310 g/mol. The van der Waals surface area contributed by atoms with E-state index in [9.17, 15) is 9.59 Å². The van der Waals surface area contributed by atoms with Gasteiger partial charge in [0.1, 0.15) is 11.3 Å². The number of carbonyl (C=O) groups excluding carboxylic acids is 2. The van der Waals surface area contributed by atoms with Crippen molar-refractivity contribution in [2.45, 2.75) is 39.7 Å². The van der Waals surface area contributed by atoms with Crippen LogP contribution in [0.5, 0.6) is 5.75 Å². The van der Waals surface area contributed by atoms with Crippen molar-refractivity contribution in [3.8, 4) is 5.75 Å². The van der Waals surface area contributed by atoms with Gasteiger partial charge in [-0.3, -0.25) is 4.79 Å². The monoisotopic (exact) mass is 331 g/mol. The number of hydrogen-bond acceptors (Lipinski definition) is 6. The number of rotatable bonds is 6. The average Bonchev–Trinajstić information content (AvgIpc) is 2.96. The second-order valence-corrected chi connectivity index (χ2v) is 5.80. The minimum atomic E-state index is -0.916. The lowest BCUT2D eigenvalue weighted by atomic mass is 10.0. The number of aryl methyl sites for hydroxylation is 1. The van der Waals surface area contributed by atoms with Gasteiger partial charge in [0.05, 0.1) is 12.8 Å². The molecule has 0 aliphatic carbocycles. The second kappa shape index (κ2) is 7.29. The zero-order valence-electron chi connectivity index (χ0n) is 14.5. The fraction of sp³-hybridized carbons (Fsp3) is 0.389. The molecule has 0 bridgehead atoms. The smallest absolute Gasteiger partial charge is 0.344 e. The quantitative estimate of drug-likeness (QED) is 0.595. The first kappa shape index (κ1) is 17.7. The predicted molar refractivity (Wildman–Crippen MR) is 87.5 cm³/mol. The summed E-state index contributed by atoms with van der Waals surface area (Å²) < 4.78 is 15.6. The number of ether oxygens (including phenoxy) is 2. The first-order chi connectivity index (χ1) is 11.3. The highest BCUT2D eigenvalue weighted by Gasteiger charge is 2.27. The number of Topliss-reactive ketones (excluding diaryl/α,β-unsaturated/α-hetero) is 1. The highest BCUT2D eigenvalue weighted by atomic mass is 16.5. The van der Waals surface area contributed by atoms with Crippen LogP contribution >= 0.6 is 0 Å². The Kier molecular flexibility index (Phi) is 5.39. The van der Waals surface area contributed by atoms with Crippen molar-refractivity contribution in [3.63, 3.8) is 0 Å². The molecule has 2 aromatic rings. The molecule has 6 heteroatoms. The summed E-state index contributed by atoms with van der Waals surface area (Å²) >= 11 is 0. The molecule has 0 N–H and O–H groups in total. The summed E-state index contributed by atoms with van der Waals surface area (Å²) in [4.78, 5) is 24.8. The highest BCUT2D eigenvalue weighted by molar-refractivity contribution is 6.01. The molecule has 0 aliphatic heterocycles. The van der Waals surface area contributed by atoms with Gasteiger partial charge in [0, 0.05) is 11.5 Å². The lowest BCUT2D eigenvalue weighted by Crippen LogP contribution is -2.25. The standard InChI is InChI=1S/C18H21NO5/c1-10(2)17-15(11(3)19-24-17)18(21)23-12(4)16(20)13-6-8-14(22-5)9-7-13/h6-10,12H,1-5H3/t12-/m1/s1. The van der Waals surface area contributed by atoms with Crippen LogP contribution in [0.25, 0.3) is 0 Å². The van der Waals surface area contributed by atoms with Crippen molar-refractivity contribution >= 4 is 11.8 Å². The van der Waals surface area contributed by atoms with Crippen LogP contribution < -0.4 is 4.74 Å². The molecule has 128 valence electrons. The summed E-state index contributed by atoms with van der Waals surface area (Å²) in [5.74, 6) is 0.207. The highest BCUT2D eigenvalue weighted by Crippen LogP contribution is 2.24. The Bertz CT molecular complexity index is 730. The van der Waals surface area contributed by atoms with E-state index in [0.29, 0.717) is 28.3 Å². The maximum Gasteiger partial charge on any atom is 0.344 e. The van der Waals surface area contributed by atoms with Crippen LogP contribution in [0.1, 0.15) is 58.9 Å². The van der Waals surface area contributed by atoms with Crippen LogP contribution in [0.2, 0.25) is 0 Å². The van der Waals surface area contributed by atoms with Crippen molar-refractivity contribution in [1.82, 2.24) is 5.16 Å². The van der Waals surface area contributed by atoms with Gasteiger partial charge in [0.2, 0.25) is 5.78 Å². The van der Waals surface area contributed by atoms with Crippen LogP contribution in [-0.4, -0.2) is 30.1 Å². The molecule has 0 saturated carbocycles. The Balaban J connectivity index is 2.13. The molecule has 0 unspecified atom stereocenters. The third-order valence-electron chi connectivity index (χ3n) is 3.65. The van der Waals surface area contributed by atoms with Gasteiger partial charge in [-0.05, 0) is 38.1 Å². The average molecular weight is 331 g/mol. The topological polar surface area (TPSA) is 78.6 Å². The Morgan fingerprint density at radius 3 is 2.29 bits per heavy atom. The van der Waals surface area contributed by atoms with E-state index in [1.54, 1.807) is 45.2 Å². The van der Waals surface area contributed by atoms with Gasteiger partial charge in [-0.1, -0.05) is 19.0 Å². The third-order valence-corrected chi connectivity index (χ3v) is 3.65. The van der Waals surface area contributed by atoms with Crippen LogP contribution in [0.3, 0.4) is 0 Å². The van der Waals surface area contributed by atoms with Crippen LogP contribution in [-0.2, 0) is 4.74 Å². The van der Waals surface area contributed by atoms with Gasteiger partial charge in [0.25, 0.3) is 0 Å². The van der Waals surface area contributed by atoms with Crippen LogP contribution in [0.4, 0.5) is 0 Å². The van der Waals surface area contributed by atoms with E-state index in [-0.39, 0.29) is 11.7 Å². The molecule has 0 saturated heterocycles. The summed E-state index contributed by atoms with van der Waals surface area (Å²) in [5, 5.41) is 3.81. The summed E-state index contributed by atoms with van der Waals surface area (Å²) in [7, 11) is 1.55. The Morgan fingerprint density at radius 1 is 1.12 bits per heavy atom. The molecule has 1 aromatic carbocycles. The minimum absolute atomic E-state index is 0.0126. The van der Waals surface area contributed by atoms with Gasteiger partial charge in [-0.25, -0.2) is 4.79 Å². The van der Waals surface area contributed by atoms with E-state index in [1.165, 1.54) is 0 Å². The van der Waals surface area contributed by atoms with Crippen molar-refractivity contribution in [1.29, 1.82) is 0 Å². The summed E-state index contributed by atoms with van der Waals surface area (Å²) in [5.41, 5.74) is 1.19. The third kappa shape index (κ3) is 3.64. The van der Waals surface area contributed by atoms with Gasteiger partial charge < -0.3 is 14.0 Å². The predicted octanol–water partition coefficient (Wildman–Crippen LogP) is 3.54. The molecule has 6 nitrogen and oxygen atoms in total. The van der Waals surface area contributed by atoms with E-state index >= 15 is 0 Å². The molecule has 0 spiro atoms. The fourth-order valence-corrected chi connectivity index (χ4v) is 2.29. The Hall–Kier alpha value is -2.63. The first-order valence-electron chi connectivity index (χ1n) is 7.70. The molecule has 1 heterocycles. The second-order valence-electron chi connectivity index (χ2n) is 5.80. The van der Waals surface area contributed by atoms with E-state index in [4.69, 9.17) is 14.0 Å². The summed E-state index contributed by atoms with van der Waals surface area (Å²) in [6.07, 6.45) is -0.916. The Labute approximate surface area is 140 Å². The molecule has 2 rings (SSSR count). The molecule has 0 fully saturated rings. The maximum atomic E-state index is 12.4. The van der Waals surface area contributed by atoms with E-state index in [0.717, 1.165) is 0 Å². The minimum Gasteiger partial charge on any atom is -0.497 e. The fourth-order valence-electron chi connectivity index (χ4n) is 2.29. The summed E-state index contributed by atoms with van der Waals surface area (Å²) in [6, 6.07) is 6.64. The van der Waals surface area contributed by atoms with Gasteiger partial charge >= 0.3 is 5.97 Å². The number of esters is 1. The molecular formula is C18H21NO5. The van der Waals surface area contributed by atoms with E-state index in [2.05, 4.69) is 5.16 Å². The van der Waals surface area contributed by atoms with E-state index in [1.807, 2.05) is 13.8 Å². The number of nitrogens with zero attached hydrogens (tertiary/aromatic N) is 1. The maximum absolute atomic E-state index is 12.4. The molecule has 1 aromatic heterocycles. The number of hydrogen-bond donors (Lipinski definition) is 0. The van der Waals surface area contributed by atoms with Crippen molar-refractivity contribution in [2.24, 2.45) is 0 Å². The van der Waals surface area contributed by atoms with Crippen molar-refractivity contribution in [2.75, 3.05) is 7.11 Å². The van der Waals surface area contributed by atoms with Gasteiger partial charge in [-0.15, -0.1) is 0 Å². The first-order valence-corrected chi connectivity index (χ1v) is 7.70. The molecule has 0 radical (unpaired) electrons. The SMILES string of the molecule is COc1ccc(C(=O)[C@@H](C)OC(=O)c2c(C)noc2C(C)C)cc1. The largest absolute Gasteiger partial charge is 0.497 e. The molecule has 24 heavy (non-hydrogen) atoms. The number of methoxy groups -OCH3 is 1. The number of ketones is 1. The van der Waals surface area contributed by atoms with Gasteiger partial charge in [0.15, 0.2) is 11.9 Å². The molecule has 0 aliphatic rings. The zero-order chi connectivity index (χ0) is 17.9. The lowest BCUT2D eigenvalue weighted by molar-refractivity contribution is 0.0315. The number of carbonyl (C=O) groups is 2. The normalized spacial score (nSPS) is 12.1.